The van der Waals surface area contributed by atoms with E-state index >= 15 is 0 Å². The van der Waals surface area contributed by atoms with Crippen LogP contribution in [0.1, 0.15) is 76.6 Å². The van der Waals surface area contributed by atoms with Gasteiger partial charge in [-0.1, -0.05) is 146 Å². The molecule has 2 aliphatic carbocycles. The number of carbonyl (C=O) groups excluding carboxylic acids is 6. The molecule has 0 spiro atoms. The maximum absolute atomic E-state index is 12.7. The van der Waals surface area contributed by atoms with Crippen LogP contribution in [0, 0.1) is 73.1 Å². The first-order chi connectivity index (χ1) is 68.6. The molecular weight excluding hydrogens is 1920 g/mol. The highest BCUT2D eigenvalue weighted by molar-refractivity contribution is 7.98. The van der Waals surface area contributed by atoms with Crippen molar-refractivity contribution >= 4 is 99.6 Å². The fraction of sp³-hybridized carbons (Fsp3) is 0.304. The number of fused-ring (bicyclic) bond motifs is 3. The van der Waals surface area contributed by atoms with Crippen LogP contribution in [-0.4, -0.2) is 163 Å². The molecule has 732 valence electrons. The molecule has 16 unspecified atom stereocenters. The van der Waals surface area contributed by atoms with Crippen LogP contribution in [0.4, 0.5) is 0 Å². The molecule has 10 aliphatic rings. The maximum Gasteiger partial charge on any atom is 0.347 e. The van der Waals surface area contributed by atoms with Crippen molar-refractivity contribution in [2.75, 3.05) is 33.0 Å². The van der Waals surface area contributed by atoms with Crippen molar-refractivity contribution in [2.45, 2.75) is 224 Å². The number of esters is 6. The van der Waals surface area contributed by atoms with Gasteiger partial charge in [-0.25, -0.2) is 24.0 Å². The summed E-state index contributed by atoms with van der Waals surface area (Å²) in [6.45, 7) is 15.1. The smallest absolute Gasteiger partial charge is 0.347 e. The monoisotopic (exact) mass is 2030 g/mol. The van der Waals surface area contributed by atoms with Gasteiger partial charge in [-0.05, 0) is 223 Å². The molecule has 8 aliphatic heterocycles. The number of aryl methyl sites for hydroxylation is 8. The SMILES string of the molecule is Cc1cc([S+](c2ccccc2)c2ccccc2)cc(C)c1OCC(=O)OC1C2CC3C(=O)OC1C3O2.Cc1cc([S+](c2ccccc2)c2ccccc2)cc(C)c1OCC(=O)OC1C2CC3C(O2)C1OS3(=O)=O.Cc1cc([S+](c2ccccc2)c2ccccc2)cc(C)c1OCC(=O)OC1C2CC3C1OS(=O)(=O)C3C2.Cc1cc([S+](c2ccccc2)c2ccccc2)cc(C)c1OCC(=O)OC1CCOC1=O. The van der Waals surface area contributed by atoms with Crippen LogP contribution in [0.5, 0.6) is 23.0 Å². The molecule has 6 bridgehead atoms. The minimum atomic E-state index is -3.66. The van der Waals surface area contributed by atoms with Gasteiger partial charge in [-0.2, -0.15) is 16.8 Å². The molecule has 12 aromatic carbocycles. The molecule has 22 rings (SSSR count). The summed E-state index contributed by atoms with van der Waals surface area (Å²) in [6.07, 6.45) is -3.59. The Bertz CT molecular complexity index is 6410. The van der Waals surface area contributed by atoms with E-state index in [0.29, 0.717) is 42.3 Å². The summed E-state index contributed by atoms with van der Waals surface area (Å²) in [6, 6.07) is 100. The lowest BCUT2D eigenvalue weighted by Crippen LogP contribution is -2.42. The van der Waals surface area contributed by atoms with Crippen molar-refractivity contribution in [3.8, 4) is 23.0 Å². The summed E-state index contributed by atoms with van der Waals surface area (Å²) in [5.74, 6) is -0.508. The molecule has 8 saturated heterocycles. The third-order valence-corrected chi connectivity index (χ3v) is 39.0. The molecule has 142 heavy (non-hydrogen) atoms. The lowest BCUT2D eigenvalue weighted by atomic mass is 9.88. The largest absolute Gasteiger partial charge is 0.481 e. The fourth-order valence-electron chi connectivity index (χ4n) is 20.8. The van der Waals surface area contributed by atoms with Crippen LogP contribution in [0.15, 0.2) is 350 Å². The Labute approximate surface area is 837 Å². The van der Waals surface area contributed by atoms with Gasteiger partial charge in [0.25, 0.3) is 20.2 Å². The molecule has 12 aromatic rings. The van der Waals surface area contributed by atoms with Gasteiger partial charge < -0.3 is 56.8 Å². The summed E-state index contributed by atoms with van der Waals surface area (Å²) in [5.41, 5.74) is 7.53. The molecule has 16 atom stereocenters. The maximum atomic E-state index is 12.7. The zero-order chi connectivity index (χ0) is 98.8. The molecule has 24 nitrogen and oxygen atoms in total. The van der Waals surface area contributed by atoms with E-state index in [9.17, 15) is 45.6 Å². The molecule has 10 fully saturated rings. The highest BCUT2D eigenvalue weighted by Crippen LogP contribution is 2.56. The van der Waals surface area contributed by atoms with E-state index in [1.165, 1.54) is 53.9 Å². The van der Waals surface area contributed by atoms with Gasteiger partial charge in [0.1, 0.15) is 58.8 Å². The van der Waals surface area contributed by atoms with E-state index in [-0.39, 0.29) is 119 Å². The number of cyclic esters (lactones) is 1. The molecular formula is C112H108O24S6+4. The third-order valence-electron chi connectivity index (χ3n) is 26.8. The Morgan fingerprint density at radius 3 is 0.923 bits per heavy atom. The van der Waals surface area contributed by atoms with Crippen LogP contribution in [0.3, 0.4) is 0 Å². The number of hydrogen-bond acceptors (Lipinski definition) is 24. The van der Waals surface area contributed by atoms with E-state index in [4.69, 9.17) is 65.2 Å². The van der Waals surface area contributed by atoms with Gasteiger partial charge >= 0.3 is 35.8 Å². The van der Waals surface area contributed by atoms with Crippen LogP contribution < -0.4 is 18.9 Å². The van der Waals surface area contributed by atoms with Crippen LogP contribution in [0.25, 0.3) is 0 Å². The lowest BCUT2D eigenvalue weighted by molar-refractivity contribution is -0.162. The highest BCUT2D eigenvalue weighted by atomic mass is 32.2. The quantitative estimate of drug-likeness (QED) is 0.0190. The standard InChI is InChI=1S/C29H29O6S2.C29H27O6S.C28H27O7S2.C26H25O5S/c1-18-13-23(36(21-9-5-3-6-10-21)22-11-7-4-8-12-22)14-19(2)27(18)33-17-26(30)34-28-20-15-24-25(16-20)37(31,32)35-29(24)28;1-17-13-21(36(19-9-5-3-6-10-19)20-11-7-4-8-12-20)14-18(2)25(17)32-16-24(30)34-27-23-15-22-26(33-23)28(27)35-29(22)31;1-17-13-21(36(19-9-5-3-6-10-19)20-11-7-4-8-12-20)14-18(2)25(17)32-16-24(29)34-26-22-15-23-27(33-22)28(26)35-37(23,30)31;1-18-15-22(32(20-9-5-3-6-10-20)21-11-7-4-8-12-21)16-19(2)25(18)30-17-24(27)31-23-13-14-29-26(23)28/h3-14,20,24-25,28-29H,15-17H2,1-2H3;3-14,22-23,26-28H,15-16H2,1-2H3;3-14,22-23,26-28H,15-16H2,1-2H3;3-12,15-16,23H,13-14,17H2,1-2H3/q4*+1. The minimum Gasteiger partial charge on any atom is -0.481 e. The second-order valence-electron chi connectivity index (χ2n) is 36.6. The van der Waals surface area contributed by atoms with E-state index in [0.717, 1.165) is 55.8 Å². The van der Waals surface area contributed by atoms with E-state index in [1.54, 1.807) is 0 Å². The van der Waals surface area contributed by atoms with E-state index < -0.39 is 116 Å². The predicted octanol–water partition coefficient (Wildman–Crippen LogP) is 17.8. The normalized spacial score (nSPS) is 24.1. The summed E-state index contributed by atoms with van der Waals surface area (Å²) in [4.78, 5) is 88.1. The first-order valence-corrected chi connectivity index (χ1v) is 55.1. The summed E-state index contributed by atoms with van der Waals surface area (Å²) in [7, 11) is -8.30. The Hall–Kier alpha value is -12.2. The molecule has 8 heterocycles. The van der Waals surface area contributed by atoms with Crippen LogP contribution >= 0.6 is 0 Å². The van der Waals surface area contributed by atoms with E-state index in [1.807, 2.05) is 104 Å². The summed E-state index contributed by atoms with van der Waals surface area (Å²) < 4.78 is 126. The summed E-state index contributed by atoms with van der Waals surface area (Å²) >= 11 is 0. The Morgan fingerprint density at radius 2 is 0.599 bits per heavy atom. The third kappa shape index (κ3) is 21.1. The van der Waals surface area contributed by atoms with Crippen LogP contribution in [-0.2, 0) is 139 Å². The van der Waals surface area contributed by atoms with Crippen molar-refractivity contribution in [1.29, 1.82) is 0 Å². The Balaban J connectivity index is 0.000000120. The zero-order valence-electron chi connectivity index (χ0n) is 79.3. The lowest BCUT2D eigenvalue weighted by Gasteiger charge is -2.25. The molecule has 30 heteroatoms. The van der Waals surface area contributed by atoms with Gasteiger partial charge in [0, 0.05) is 66.8 Å². The Morgan fingerprint density at radius 1 is 0.310 bits per heavy atom. The van der Waals surface area contributed by atoms with Crippen LogP contribution in [0.2, 0.25) is 0 Å². The van der Waals surface area contributed by atoms with Crippen molar-refractivity contribution in [3.05, 3.63) is 336 Å². The molecule has 2 saturated carbocycles. The average Bonchev–Trinajstić information content (AvgIpc) is 1.57. The minimum absolute atomic E-state index is 0.0397. The molecule has 0 radical (unpaired) electrons. The predicted molar refractivity (Wildman–Crippen MR) is 532 cm³/mol. The molecule has 0 N–H and O–H groups in total. The van der Waals surface area contributed by atoms with Gasteiger partial charge in [0.15, 0.2) is 103 Å². The van der Waals surface area contributed by atoms with Crippen molar-refractivity contribution < 1.29 is 111 Å². The van der Waals surface area contributed by atoms with Gasteiger partial charge in [0.2, 0.25) is 6.10 Å². The van der Waals surface area contributed by atoms with Crippen molar-refractivity contribution in [2.24, 2.45) is 17.8 Å². The van der Waals surface area contributed by atoms with Crippen molar-refractivity contribution in [1.82, 2.24) is 0 Å². The fourth-order valence-corrected chi connectivity index (χ4v) is 33.3. The van der Waals surface area contributed by atoms with Gasteiger partial charge in [-0.3, -0.25) is 13.2 Å². The number of ether oxygens (including phenoxy) is 12. The second kappa shape index (κ2) is 42.8. The first kappa shape index (κ1) is 98.6. The average molecular weight is 2030 g/mol. The molecule has 0 amide bonds. The zero-order valence-corrected chi connectivity index (χ0v) is 84.2. The first-order valence-electron chi connectivity index (χ1n) is 47.3. The highest BCUT2D eigenvalue weighted by Gasteiger charge is 2.69. The number of hydrogen-bond donors (Lipinski definition) is 0. The van der Waals surface area contributed by atoms with Crippen molar-refractivity contribution in [3.63, 3.8) is 0 Å². The summed E-state index contributed by atoms with van der Waals surface area (Å²) in [5, 5.41) is -1.09. The van der Waals surface area contributed by atoms with Gasteiger partial charge in [0.05, 0.1) is 73.6 Å². The second-order valence-corrected chi connectivity index (χ2v) is 48.2. The Kier molecular flexibility index (Phi) is 29.7. The van der Waals surface area contributed by atoms with E-state index in [2.05, 4.69) is 243 Å². The van der Waals surface area contributed by atoms with Gasteiger partial charge in [-0.15, -0.1) is 0 Å². The number of carbonyl (C=O) groups is 6. The molecule has 0 aromatic heterocycles. The topological polar surface area (TPSA) is 300 Å². The number of benzene rings is 12. The number of rotatable bonds is 28.